The highest BCUT2D eigenvalue weighted by molar-refractivity contribution is 5.78. The fourth-order valence-electron chi connectivity index (χ4n) is 8.26. The third-order valence-corrected chi connectivity index (χ3v) is 12.1. The number of esters is 2. The average Bonchev–Trinajstić information content (AvgIpc) is 3.19. The highest BCUT2D eigenvalue weighted by Crippen LogP contribution is 2.26. The molecule has 0 unspecified atom stereocenters. The van der Waals surface area contributed by atoms with Crippen LogP contribution in [0.4, 0.5) is 0 Å². The second-order valence-electron chi connectivity index (χ2n) is 17.5. The third-order valence-electron chi connectivity index (χ3n) is 12.1. The van der Waals surface area contributed by atoms with Crippen LogP contribution in [0.5, 0.6) is 0 Å². The predicted octanol–water partition coefficient (Wildman–Crippen LogP) is 13.0. The van der Waals surface area contributed by atoms with Gasteiger partial charge in [-0.3, -0.25) is 14.4 Å². The molecule has 336 valence electrons. The Labute approximate surface area is 351 Å². The molecule has 0 aliphatic carbocycles. The Kier molecular flexibility index (Phi) is 36.1. The molecular formula is C49H93NO7. The first-order valence-corrected chi connectivity index (χ1v) is 24.8. The number of ether oxygens (including phenoxy) is 3. The van der Waals surface area contributed by atoms with E-state index in [1.165, 1.54) is 141 Å². The molecule has 0 aromatic carbocycles. The Balaban J connectivity index is 2.60. The molecule has 0 saturated carbocycles. The first-order valence-electron chi connectivity index (χ1n) is 24.8. The minimum absolute atomic E-state index is 0.0781. The number of hydrogen-bond donors (Lipinski definition) is 2. The van der Waals surface area contributed by atoms with E-state index in [1.54, 1.807) is 0 Å². The van der Waals surface area contributed by atoms with Crippen LogP contribution in [0.1, 0.15) is 252 Å². The molecule has 0 radical (unpaired) electrons. The van der Waals surface area contributed by atoms with Gasteiger partial charge in [0.2, 0.25) is 5.91 Å². The van der Waals surface area contributed by atoms with Crippen molar-refractivity contribution in [2.24, 2.45) is 5.92 Å². The average molecular weight is 808 g/mol. The van der Waals surface area contributed by atoms with Gasteiger partial charge in [0, 0.05) is 18.8 Å². The van der Waals surface area contributed by atoms with Crippen LogP contribution in [0.25, 0.3) is 0 Å². The lowest BCUT2D eigenvalue weighted by Gasteiger charge is -2.40. The maximum Gasteiger partial charge on any atom is 0.306 e. The van der Waals surface area contributed by atoms with E-state index in [0.717, 1.165) is 57.8 Å². The Morgan fingerprint density at radius 2 is 0.965 bits per heavy atom. The molecule has 0 aromatic rings. The van der Waals surface area contributed by atoms with Crippen LogP contribution >= 0.6 is 0 Å². The molecule has 8 nitrogen and oxygen atoms in total. The fourth-order valence-corrected chi connectivity index (χ4v) is 8.26. The van der Waals surface area contributed by atoms with Gasteiger partial charge in [-0.1, -0.05) is 207 Å². The zero-order valence-corrected chi connectivity index (χ0v) is 37.9. The third kappa shape index (κ3) is 30.1. The van der Waals surface area contributed by atoms with Gasteiger partial charge >= 0.3 is 11.9 Å². The van der Waals surface area contributed by atoms with Crippen molar-refractivity contribution >= 4 is 17.8 Å². The molecule has 1 saturated heterocycles. The van der Waals surface area contributed by atoms with E-state index >= 15 is 0 Å². The molecular weight excluding hydrogens is 715 g/mol. The fraction of sp³-hybridized carbons (Fsp3) is 0.939. The Morgan fingerprint density at radius 3 is 1.39 bits per heavy atom. The molecule has 1 fully saturated rings. The minimum atomic E-state index is -0.598. The summed E-state index contributed by atoms with van der Waals surface area (Å²) in [7, 11) is 0. The van der Waals surface area contributed by atoms with Crippen molar-refractivity contribution in [2.45, 2.75) is 277 Å². The van der Waals surface area contributed by atoms with Gasteiger partial charge in [-0.25, -0.2) is 0 Å². The normalized spacial score (nSPS) is 18.7. The van der Waals surface area contributed by atoms with Crippen molar-refractivity contribution in [3.63, 3.8) is 0 Å². The summed E-state index contributed by atoms with van der Waals surface area (Å²) in [4.78, 5) is 39.6. The predicted molar refractivity (Wildman–Crippen MR) is 236 cm³/mol. The van der Waals surface area contributed by atoms with Gasteiger partial charge in [-0.05, 0) is 25.7 Å². The lowest BCUT2D eigenvalue weighted by Crippen LogP contribution is -2.58. The van der Waals surface area contributed by atoms with Crippen molar-refractivity contribution in [3.8, 4) is 0 Å². The van der Waals surface area contributed by atoms with Gasteiger partial charge in [0.05, 0.1) is 31.8 Å². The van der Waals surface area contributed by atoms with Crippen molar-refractivity contribution in [3.05, 3.63) is 0 Å². The zero-order chi connectivity index (χ0) is 41.6. The number of rotatable bonds is 40. The molecule has 8 heteroatoms. The Hall–Kier alpha value is -1.67. The number of unbranched alkanes of at least 4 members (excludes halogenated alkanes) is 28. The maximum atomic E-state index is 13.5. The number of aliphatic hydroxyl groups is 1. The van der Waals surface area contributed by atoms with E-state index < -0.39 is 24.4 Å². The van der Waals surface area contributed by atoms with Crippen LogP contribution in [0.2, 0.25) is 0 Å². The molecule has 2 N–H and O–H groups in total. The molecule has 0 bridgehead atoms. The summed E-state index contributed by atoms with van der Waals surface area (Å²) >= 11 is 0. The van der Waals surface area contributed by atoms with E-state index in [-0.39, 0.29) is 43.4 Å². The Morgan fingerprint density at radius 1 is 0.579 bits per heavy atom. The first kappa shape index (κ1) is 53.3. The van der Waals surface area contributed by atoms with E-state index in [4.69, 9.17) is 14.2 Å². The van der Waals surface area contributed by atoms with Crippen molar-refractivity contribution in [2.75, 3.05) is 13.2 Å². The highest BCUT2D eigenvalue weighted by atomic mass is 16.6. The van der Waals surface area contributed by atoms with Gasteiger partial charge in [0.1, 0.15) is 12.2 Å². The summed E-state index contributed by atoms with van der Waals surface area (Å²) in [6.45, 7) is 8.63. The number of hydrogen-bond acceptors (Lipinski definition) is 7. The first-order chi connectivity index (χ1) is 27.9. The molecule has 0 aromatic heterocycles. The van der Waals surface area contributed by atoms with E-state index in [2.05, 4.69) is 26.1 Å². The van der Waals surface area contributed by atoms with Crippen molar-refractivity contribution in [1.82, 2.24) is 5.32 Å². The monoisotopic (exact) mass is 808 g/mol. The molecule has 1 amide bonds. The largest absolute Gasteiger partial charge is 0.462 e. The highest BCUT2D eigenvalue weighted by Gasteiger charge is 2.41. The number of aliphatic hydroxyl groups excluding tert-OH is 1. The van der Waals surface area contributed by atoms with Gasteiger partial charge in [0.15, 0.2) is 0 Å². The molecule has 5 atom stereocenters. The summed E-state index contributed by atoms with van der Waals surface area (Å²) in [5.41, 5.74) is 0. The van der Waals surface area contributed by atoms with Crippen molar-refractivity contribution in [1.29, 1.82) is 0 Å². The van der Waals surface area contributed by atoms with E-state index in [0.29, 0.717) is 19.3 Å². The van der Waals surface area contributed by atoms with Crippen LogP contribution in [0, 0.1) is 5.92 Å². The van der Waals surface area contributed by atoms with Crippen LogP contribution in [-0.2, 0) is 28.6 Å². The molecule has 1 heterocycles. The van der Waals surface area contributed by atoms with E-state index in [1.807, 2.05) is 6.92 Å². The lowest BCUT2D eigenvalue weighted by molar-refractivity contribution is -0.174. The van der Waals surface area contributed by atoms with E-state index in [9.17, 15) is 19.5 Å². The maximum absolute atomic E-state index is 13.5. The van der Waals surface area contributed by atoms with Crippen LogP contribution in [-0.4, -0.2) is 60.5 Å². The lowest BCUT2D eigenvalue weighted by atomic mass is 9.90. The number of nitrogens with one attached hydrogen (secondary N) is 1. The van der Waals surface area contributed by atoms with Gasteiger partial charge < -0.3 is 24.6 Å². The van der Waals surface area contributed by atoms with Gasteiger partial charge in [-0.15, -0.1) is 0 Å². The SMILES string of the molecule is CCCCCCCCCCCCCC(=O)O[C@@H](CCCCCCCCCCC)CC(=O)N[C@H]1CO[C@H](CO)[C@@H](C)[C@@H]1OC(=O)CCCCCCCCCCCCC. The smallest absolute Gasteiger partial charge is 0.306 e. The van der Waals surface area contributed by atoms with Crippen LogP contribution in [0.3, 0.4) is 0 Å². The van der Waals surface area contributed by atoms with Crippen molar-refractivity contribution < 1.29 is 33.7 Å². The molecule has 1 aliphatic rings. The quantitative estimate of drug-likeness (QED) is 0.0468. The van der Waals surface area contributed by atoms with Gasteiger partial charge in [0.25, 0.3) is 0 Å². The van der Waals surface area contributed by atoms with Crippen LogP contribution < -0.4 is 5.32 Å². The number of carbonyl (C=O) groups excluding carboxylic acids is 3. The molecule has 0 spiro atoms. The van der Waals surface area contributed by atoms with Crippen LogP contribution in [0.15, 0.2) is 0 Å². The summed E-state index contributed by atoms with van der Waals surface area (Å²) in [5, 5.41) is 13.0. The second kappa shape index (κ2) is 38.5. The summed E-state index contributed by atoms with van der Waals surface area (Å²) < 4.78 is 17.9. The second-order valence-corrected chi connectivity index (χ2v) is 17.5. The molecule has 1 rings (SSSR count). The Bertz CT molecular complexity index is 945. The summed E-state index contributed by atoms with van der Waals surface area (Å²) in [6.07, 6.45) is 37.6. The summed E-state index contributed by atoms with van der Waals surface area (Å²) in [6, 6.07) is -0.531. The summed E-state index contributed by atoms with van der Waals surface area (Å²) in [5.74, 6) is -0.987. The molecule has 57 heavy (non-hydrogen) atoms. The number of carbonyl (C=O) groups is 3. The molecule has 1 aliphatic heterocycles. The standard InChI is InChI=1S/C49H93NO7/c1-5-8-11-14-17-20-22-25-28-31-34-37-47(53)56-43(36-33-30-27-24-19-16-13-10-7-3)39-46(52)50-44-41-55-45(40-51)42(4)49(44)57-48(54)38-35-32-29-26-23-21-18-15-12-9-6-2/h42-45,49,51H,5-41H2,1-4H3,(H,50,52)/t42-,43+,44+,45-,49+/m1/s1. The van der Waals surface area contributed by atoms with Gasteiger partial charge in [-0.2, -0.15) is 0 Å². The minimum Gasteiger partial charge on any atom is -0.462 e. The zero-order valence-electron chi connectivity index (χ0n) is 37.9. The number of amides is 1. The topological polar surface area (TPSA) is 111 Å².